The van der Waals surface area contributed by atoms with E-state index in [0.29, 0.717) is 18.7 Å². The van der Waals surface area contributed by atoms with Crippen LogP contribution in [0, 0.1) is 0 Å². The van der Waals surface area contributed by atoms with Gasteiger partial charge in [-0.3, -0.25) is 4.79 Å². The van der Waals surface area contributed by atoms with Gasteiger partial charge >= 0.3 is 5.97 Å². The molecule has 2 aromatic rings. The molecule has 0 aromatic carbocycles. The van der Waals surface area contributed by atoms with Gasteiger partial charge in [0.05, 0.1) is 18.2 Å². The number of esters is 1. The van der Waals surface area contributed by atoms with E-state index in [0.717, 1.165) is 11.1 Å². The minimum Gasteiger partial charge on any atom is -0.465 e. The van der Waals surface area contributed by atoms with Crippen molar-refractivity contribution >= 4 is 17.0 Å². The molecular weight excluding hydrogens is 228 g/mol. The van der Waals surface area contributed by atoms with Crippen LogP contribution in [0.15, 0.2) is 30.5 Å². The molecule has 0 aliphatic heterocycles. The summed E-state index contributed by atoms with van der Waals surface area (Å²) in [7, 11) is 0. The van der Waals surface area contributed by atoms with Crippen LogP contribution in [0.1, 0.15) is 31.9 Å². The van der Waals surface area contributed by atoms with E-state index in [-0.39, 0.29) is 11.9 Å². The first-order chi connectivity index (χ1) is 8.76. The molecule has 0 fully saturated rings. The predicted octanol–water partition coefficient (Wildman–Crippen LogP) is 2.69. The van der Waals surface area contributed by atoms with Crippen molar-refractivity contribution in [1.29, 1.82) is 0 Å². The highest BCUT2D eigenvalue weighted by molar-refractivity contribution is 5.80. The van der Waals surface area contributed by atoms with Crippen LogP contribution < -0.4 is 0 Å². The Morgan fingerprint density at radius 1 is 1.33 bits per heavy atom. The Kier molecular flexibility index (Phi) is 3.87. The number of aromatic nitrogens is 2. The van der Waals surface area contributed by atoms with Gasteiger partial charge in [0.25, 0.3) is 0 Å². The molecule has 0 bridgehead atoms. The first-order valence-corrected chi connectivity index (χ1v) is 6.14. The summed E-state index contributed by atoms with van der Waals surface area (Å²) in [5, 5.41) is 0.972. The van der Waals surface area contributed by atoms with Crippen LogP contribution in [-0.2, 0) is 9.53 Å². The van der Waals surface area contributed by atoms with Gasteiger partial charge in [0, 0.05) is 11.6 Å². The molecule has 0 saturated carbocycles. The maximum absolute atomic E-state index is 11.8. The summed E-state index contributed by atoms with van der Waals surface area (Å²) in [5.41, 5.74) is 1.39. The van der Waals surface area contributed by atoms with E-state index in [2.05, 4.69) is 9.97 Å². The average molecular weight is 244 g/mol. The second-order valence-electron chi connectivity index (χ2n) is 4.00. The summed E-state index contributed by atoms with van der Waals surface area (Å²) in [5.74, 6) is -0.529. The molecule has 4 nitrogen and oxygen atoms in total. The van der Waals surface area contributed by atoms with Crippen LogP contribution in [0.5, 0.6) is 0 Å². The zero-order valence-corrected chi connectivity index (χ0v) is 10.6. The largest absolute Gasteiger partial charge is 0.465 e. The molecule has 1 unspecified atom stereocenters. The Labute approximate surface area is 106 Å². The average Bonchev–Trinajstić information content (AvgIpc) is 2.40. The fraction of sp³-hybridized carbons (Fsp3) is 0.357. The lowest BCUT2D eigenvalue weighted by Crippen LogP contribution is -2.16. The zero-order valence-electron chi connectivity index (χ0n) is 10.6. The van der Waals surface area contributed by atoms with Gasteiger partial charge in [-0.05, 0) is 37.6 Å². The van der Waals surface area contributed by atoms with Crippen LogP contribution in [0.4, 0.5) is 0 Å². The van der Waals surface area contributed by atoms with Crippen molar-refractivity contribution in [2.75, 3.05) is 6.61 Å². The first kappa shape index (κ1) is 12.5. The van der Waals surface area contributed by atoms with Gasteiger partial charge in [0.1, 0.15) is 0 Å². The van der Waals surface area contributed by atoms with Crippen molar-refractivity contribution in [1.82, 2.24) is 9.97 Å². The third kappa shape index (κ3) is 2.47. The summed E-state index contributed by atoms with van der Waals surface area (Å²) in [4.78, 5) is 20.5. The normalized spacial score (nSPS) is 12.3. The number of nitrogens with zero attached hydrogens (tertiary/aromatic N) is 2. The molecule has 0 amide bonds. The van der Waals surface area contributed by atoms with Crippen molar-refractivity contribution < 1.29 is 9.53 Å². The number of rotatable bonds is 4. The molecule has 4 heteroatoms. The Balaban J connectivity index is 2.36. The molecular formula is C14H16N2O2. The third-order valence-electron chi connectivity index (χ3n) is 2.82. The summed E-state index contributed by atoms with van der Waals surface area (Å²) in [6.07, 6.45) is 2.37. The van der Waals surface area contributed by atoms with Crippen molar-refractivity contribution in [3.05, 3.63) is 36.2 Å². The van der Waals surface area contributed by atoms with Gasteiger partial charge < -0.3 is 4.74 Å². The molecule has 0 N–H and O–H groups in total. The lowest BCUT2D eigenvalue weighted by molar-refractivity contribution is -0.145. The highest BCUT2D eigenvalue weighted by atomic mass is 16.5. The van der Waals surface area contributed by atoms with E-state index in [1.54, 1.807) is 13.1 Å². The molecule has 0 saturated heterocycles. The molecule has 2 aromatic heterocycles. The molecule has 94 valence electrons. The molecule has 18 heavy (non-hydrogen) atoms. The Bertz CT molecular complexity index is 554. The molecule has 0 aliphatic rings. The molecule has 2 heterocycles. The van der Waals surface area contributed by atoms with Gasteiger partial charge in [-0.2, -0.15) is 0 Å². The highest BCUT2D eigenvalue weighted by Crippen LogP contribution is 2.21. The quantitative estimate of drug-likeness (QED) is 0.776. The molecule has 0 radical (unpaired) electrons. The lowest BCUT2D eigenvalue weighted by atomic mass is 10.0. The van der Waals surface area contributed by atoms with Crippen LogP contribution in [0.3, 0.4) is 0 Å². The summed E-state index contributed by atoms with van der Waals surface area (Å²) >= 11 is 0. The smallest absolute Gasteiger partial charge is 0.315 e. The van der Waals surface area contributed by atoms with Crippen molar-refractivity contribution in [3.63, 3.8) is 0 Å². The number of pyridine rings is 2. The number of hydrogen-bond acceptors (Lipinski definition) is 4. The topological polar surface area (TPSA) is 52.1 Å². The van der Waals surface area contributed by atoms with Crippen molar-refractivity contribution in [2.45, 2.75) is 26.2 Å². The first-order valence-electron chi connectivity index (χ1n) is 6.14. The number of hydrogen-bond donors (Lipinski definition) is 0. The number of carbonyl (C=O) groups excluding carboxylic acids is 1. The number of carbonyl (C=O) groups is 1. The van der Waals surface area contributed by atoms with Crippen LogP contribution in [0.25, 0.3) is 11.0 Å². The predicted molar refractivity (Wildman–Crippen MR) is 69.2 cm³/mol. The van der Waals surface area contributed by atoms with E-state index in [1.807, 2.05) is 31.2 Å². The van der Waals surface area contributed by atoms with Gasteiger partial charge in [0.15, 0.2) is 5.65 Å². The monoisotopic (exact) mass is 244 g/mol. The molecule has 0 aliphatic carbocycles. The van der Waals surface area contributed by atoms with E-state index in [4.69, 9.17) is 4.74 Å². The Hall–Kier alpha value is -1.97. The zero-order chi connectivity index (χ0) is 13.0. The third-order valence-corrected chi connectivity index (χ3v) is 2.82. The lowest BCUT2D eigenvalue weighted by Gasteiger charge is -2.13. The Morgan fingerprint density at radius 2 is 2.17 bits per heavy atom. The molecule has 1 atom stereocenters. The highest BCUT2D eigenvalue weighted by Gasteiger charge is 2.21. The van der Waals surface area contributed by atoms with E-state index < -0.39 is 0 Å². The standard InChI is InChI=1S/C14H16N2O2/c1-3-11(14(17)18-4-2)12-8-7-10-6-5-9-15-13(10)16-12/h5-9,11H,3-4H2,1-2H3. The van der Waals surface area contributed by atoms with Crippen LogP contribution in [-0.4, -0.2) is 22.5 Å². The SMILES string of the molecule is CCOC(=O)C(CC)c1ccc2cccnc2n1. The molecule has 2 rings (SSSR count). The second kappa shape index (κ2) is 5.58. The second-order valence-corrected chi connectivity index (χ2v) is 4.00. The van der Waals surface area contributed by atoms with Gasteiger partial charge in [-0.25, -0.2) is 9.97 Å². The van der Waals surface area contributed by atoms with Crippen molar-refractivity contribution in [3.8, 4) is 0 Å². The fourth-order valence-corrected chi connectivity index (χ4v) is 1.90. The van der Waals surface area contributed by atoms with Crippen molar-refractivity contribution in [2.24, 2.45) is 0 Å². The maximum atomic E-state index is 11.8. The van der Waals surface area contributed by atoms with Gasteiger partial charge in [0.2, 0.25) is 0 Å². The van der Waals surface area contributed by atoms with Gasteiger partial charge in [-0.1, -0.05) is 6.92 Å². The van der Waals surface area contributed by atoms with Crippen LogP contribution in [0.2, 0.25) is 0 Å². The minimum absolute atomic E-state index is 0.220. The van der Waals surface area contributed by atoms with E-state index in [1.165, 1.54) is 0 Å². The number of ether oxygens (including phenoxy) is 1. The maximum Gasteiger partial charge on any atom is 0.315 e. The summed E-state index contributed by atoms with van der Waals surface area (Å²) in [6.45, 7) is 4.15. The molecule has 0 spiro atoms. The summed E-state index contributed by atoms with van der Waals surface area (Å²) < 4.78 is 5.06. The van der Waals surface area contributed by atoms with E-state index >= 15 is 0 Å². The van der Waals surface area contributed by atoms with Crippen LogP contribution >= 0.6 is 0 Å². The van der Waals surface area contributed by atoms with Gasteiger partial charge in [-0.15, -0.1) is 0 Å². The number of fused-ring (bicyclic) bond motifs is 1. The summed E-state index contributed by atoms with van der Waals surface area (Å²) in [6, 6.07) is 7.62. The Morgan fingerprint density at radius 3 is 2.89 bits per heavy atom. The van der Waals surface area contributed by atoms with E-state index in [9.17, 15) is 4.79 Å². The fourth-order valence-electron chi connectivity index (χ4n) is 1.90. The minimum atomic E-state index is -0.309.